The molecule has 1 heterocycles. The van der Waals surface area contributed by atoms with Crippen LogP contribution >= 0.6 is 0 Å². The van der Waals surface area contributed by atoms with Gasteiger partial charge in [0.15, 0.2) is 5.96 Å². The summed E-state index contributed by atoms with van der Waals surface area (Å²) in [6, 6.07) is 0.443. The van der Waals surface area contributed by atoms with Crippen molar-refractivity contribution in [2.45, 2.75) is 78.2 Å². The lowest BCUT2D eigenvalue weighted by molar-refractivity contribution is -0.122. The average Bonchev–Trinajstić information content (AvgIpc) is 3.16. The molecule has 2 aliphatic rings. The first-order valence-electron chi connectivity index (χ1n) is 11.1. The van der Waals surface area contributed by atoms with Crippen LogP contribution in [0.5, 0.6) is 0 Å². The molecule has 0 radical (unpaired) electrons. The van der Waals surface area contributed by atoms with E-state index in [1.165, 1.54) is 32.1 Å². The van der Waals surface area contributed by atoms with E-state index >= 15 is 0 Å². The highest BCUT2D eigenvalue weighted by Crippen LogP contribution is 2.41. The normalized spacial score (nSPS) is 21.2. The first kappa shape index (κ1) is 22.0. The van der Waals surface area contributed by atoms with Crippen LogP contribution in [0.1, 0.15) is 72.1 Å². The third-order valence-corrected chi connectivity index (χ3v) is 6.20. The van der Waals surface area contributed by atoms with Gasteiger partial charge in [-0.2, -0.15) is 0 Å². The molecule has 0 aromatic heterocycles. The molecular weight excluding hydrogens is 338 g/mol. The van der Waals surface area contributed by atoms with E-state index in [9.17, 15) is 4.79 Å². The molecule has 2 rings (SSSR count). The van der Waals surface area contributed by atoms with Crippen LogP contribution in [-0.4, -0.2) is 62.1 Å². The second kappa shape index (κ2) is 11.5. The molecule has 2 fully saturated rings. The Balaban J connectivity index is 1.78. The number of carbonyl (C=O) groups excluding carboxylic acids is 1. The van der Waals surface area contributed by atoms with Crippen LogP contribution in [0.15, 0.2) is 4.99 Å². The zero-order chi connectivity index (χ0) is 19.5. The van der Waals surface area contributed by atoms with Crippen LogP contribution in [0.3, 0.4) is 0 Å². The molecule has 0 atom stereocenters. The van der Waals surface area contributed by atoms with Crippen molar-refractivity contribution in [1.29, 1.82) is 0 Å². The molecule has 6 nitrogen and oxygen atoms in total. The molecule has 0 aromatic carbocycles. The van der Waals surface area contributed by atoms with Crippen LogP contribution in [-0.2, 0) is 4.79 Å². The van der Waals surface area contributed by atoms with Crippen LogP contribution in [0, 0.1) is 5.41 Å². The van der Waals surface area contributed by atoms with E-state index in [2.05, 4.69) is 41.6 Å². The summed E-state index contributed by atoms with van der Waals surface area (Å²) in [4.78, 5) is 19.1. The summed E-state index contributed by atoms with van der Waals surface area (Å²) in [5.41, 5.74) is 0.428. The highest BCUT2D eigenvalue weighted by Gasteiger charge is 2.32. The van der Waals surface area contributed by atoms with Gasteiger partial charge in [0.05, 0.1) is 6.54 Å². The van der Waals surface area contributed by atoms with Gasteiger partial charge >= 0.3 is 0 Å². The Labute approximate surface area is 165 Å². The van der Waals surface area contributed by atoms with E-state index in [1.54, 1.807) is 0 Å². The van der Waals surface area contributed by atoms with Crippen molar-refractivity contribution in [3.63, 3.8) is 0 Å². The number of nitrogens with zero attached hydrogens (tertiary/aromatic N) is 2. The number of rotatable bonds is 9. The Hall–Kier alpha value is -1.30. The van der Waals surface area contributed by atoms with E-state index in [1.807, 2.05) is 0 Å². The van der Waals surface area contributed by atoms with Crippen LogP contribution in [0.2, 0.25) is 0 Å². The first-order chi connectivity index (χ1) is 13.1. The van der Waals surface area contributed by atoms with E-state index in [4.69, 9.17) is 4.99 Å². The number of hydrogen-bond donors (Lipinski definition) is 3. The van der Waals surface area contributed by atoms with Crippen molar-refractivity contribution < 1.29 is 4.79 Å². The molecule has 1 aliphatic carbocycles. The smallest absolute Gasteiger partial charge is 0.234 e. The van der Waals surface area contributed by atoms with Crippen LogP contribution in [0.4, 0.5) is 0 Å². The molecule has 0 spiro atoms. The quantitative estimate of drug-likeness (QED) is 0.425. The maximum Gasteiger partial charge on any atom is 0.234 e. The van der Waals surface area contributed by atoms with Crippen molar-refractivity contribution in [2.24, 2.45) is 10.4 Å². The zero-order valence-electron chi connectivity index (χ0n) is 17.8. The lowest BCUT2D eigenvalue weighted by Gasteiger charge is -2.33. The monoisotopic (exact) mass is 379 g/mol. The SMILES string of the molecule is CCCNC(=O)CN1CCC(NC(=NCC2(CC)CCCC2)NCC)CC1. The Bertz CT molecular complexity index is 465. The number of carbonyl (C=O) groups is 1. The molecule has 6 heteroatoms. The Morgan fingerprint density at radius 2 is 1.81 bits per heavy atom. The second-order valence-corrected chi connectivity index (χ2v) is 8.30. The molecule has 0 bridgehead atoms. The maximum atomic E-state index is 11.9. The predicted molar refractivity (Wildman–Crippen MR) is 113 cm³/mol. The number of aliphatic imine (C=N–C) groups is 1. The Morgan fingerprint density at radius 1 is 1.11 bits per heavy atom. The summed E-state index contributed by atoms with van der Waals surface area (Å²) in [5, 5.41) is 10.0. The van der Waals surface area contributed by atoms with E-state index < -0.39 is 0 Å². The molecule has 1 amide bonds. The molecule has 1 saturated heterocycles. The molecule has 0 aromatic rings. The van der Waals surface area contributed by atoms with Gasteiger partial charge in [-0.05, 0) is 50.9 Å². The summed E-state index contributed by atoms with van der Waals surface area (Å²) in [5.74, 6) is 1.12. The number of amides is 1. The van der Waals surface area contributed by atoms with Gasteiger partial charge in [0.25, 0.3) is 0 Å². The molecule has 3 N–H and O–H groups in total. The van der Waals surface area contributed by atoms with Crippen LogP contribution in [0.25, 0.3) is 0 Å². The minimum absolute atomic E-state index is 0.152. The first-order valence-corrected chi connectivity index (χ1v) is 11.1. The molecule has 1 aliphatic heterocycles. The van der Waals surface area contributed by atoms with E-state index in [0.29, 0.717) is 18.0 Å². The van der Waals surface area contributed by atoms with Gasteiger partial charge in [-0.3, -0.25) is 14.7 Å². The summed E-state index contributed by atoms with van der Waals surface area (Å²) < 4.78 is 0. The Morgan fingerprint density at radius 3 is 2.41 bits per heavy atom. The van der Waals surface area contributed by atoms with Gasteiger partial charge in [-0.1, -0.05) is 26.7 Å². The van der Waals surface area contributed by atoms with Crippen molar-refractivity contribution >= 4 is 11.9 Å². The lowest BCUT2D eigenvalue weighted by atomic mass is 9.84. The van der Waals surface area contributed by atoms with Gasteiger partial charge in [-0.25, -0.2) is 0 Å². The topological polar surface area (TPSA) is 68.8 Å². The molecular formula is C21H41N5O. The number of hydrogen-bond acceptors (Lipinski definition) is 3. The summed E-state index contributed by atoms with van der Waals surface area (Å²) in [7, 11) is 0. The van der Waals surface area contributed by atoms with Crippen molar-refractivity contribution in [2.75, 3.05) is 39.3 Å². The number of piperidine rings is 1. The molecule has 156 valence electrons. The van der Waals surface area contributed by atoms with Gasteiger partial charge in [0.2, 0.25) is 5.91 Å². The fraction of sp³-hybridized carbons (Fsp3) is 0.905. The van der Waals surface area contributed by atoms with Gasteiger partial charge < -0.3 is 16.0 Å². The zero-order valence-corrected chi connectivity index (χ0v) is 17.8. The molecule has 0 unspecified atom stereocenters. The Kier molecular flexibility index (Phi) is 9.39. The van der Waals surface area contributed by atoms with E-state index in [-0.39, 0.29) is 5.91 Å². The molecule has 27 heavy (non-hydrogen) atoms. The number of likely N-dealkylation sites (tertiary alicyclic amines) is 1. The standard InChI is InChI=1S/C21H41N5O/c1-4-13-23-19(27)16-26-14-9-18(10-15-26)25-20(22-6-3)24-17-21(5-2)11-7-8-12-21/h18H,4-17H2,1-3H3,(H,23,27)(H2,22,24,25). The van der Waals surface area contributed by atoms with Crippen molar-refractivity contribution in [1.82, 2.24) is 20.9 Å². The predicted octanol–water partition coefficient (Wildman–Crippen LogP) is 2.50. The van der Waals surface area contributed by atoms with Crippen molar-refractivity contribution in [3.8, 4) is 0 Å². The minimum atomic E-state index is 0.152. The van der Waals surface area contributed by atoms with Gasteiger partial charge in [-0.15, -0.1) is 0 Å². The third-order valence-electron chi connectivity index (χ3n) is 6.20. The number of guanidine groups is 1. The second-order valence-electron chi connectivity index (χ2n) is 8.30. The average molecular weight is 380 g/mol. The largest absolute Gasteiger partial charge is 0.357 e. The van der Waals surface area contributed by atoms with Crippen molar-refractivity contribution in [3.05, 3.63) is 0 Å². The van der Waals surface area contributed by atoms with Gasteiger partial charge in [0, 0.05) is 38.8 Å². The highest BCUT2D eigenvalue weighted by molar-refractivity contribution is 5.80. The number of nitrogens with one attached hydrogen (secondary N) is 3. The minimum Gasteiger partial charge on any atom is -0.357 e. The lowest BCUT2D eigenvalue weighted by Crippen LogP contribution is -2.50. The third kappa shape index (κ3) is 7.32. The van der Waals surface area contributed by atoms with Crippen LogP contribution < -0.4 is 16.0 Å². The fourth-order valence-electron chi connectivity index (χ4n) is 4.27. The van der Waals surface area contributed by atoms with E-state index in [0.717, 1.165) is 57.9 Å². The summed E-state index contributed by atoms with van der Waals surface area (Å²) >= 11 is 0. The van der Waals surface area contributed by atoms with Gasteiger partial charge in [0.1, 0.15) is 0 Å². The fourth-order valence-corrected chi connectivity index (χ4v) is 4.27. The summed E-state index contributed by atoms with van der Waals surface area (Å²) in [6.07, 6.45) is 9.71. The molecule has 1 saturated carbocycles. The summed E-state index contributed by atoms with van der Waals surface area (Å²) in [6.45, 7) is 11.6. The maximum absolute atomic E-state index is 11.9. The highest BCUT2D eigenvalue weighted by atomic mass is 16.2.